The molecule has 1 N–H and O–H groups in total. The predicted octanol–water partition coefficient (Wildman–Crippen LogP) is 3.17. The molecule has 3 heteroatoms. The molecule has 2 aliphatic rings. The first kappa shape index (κ1) is 13.3. The average Bonchev–Trinajstić information content (AvgIpc) is 2.95. The lowest BCUT2D eigenvalue weighted by Crippen LogP contribution is -2.36. The molecule has 2 fully saturated rings. The smallest absolute Gasteiger partial charge is 0.220 e. The van der Waals surface area contributed by atoms with Gasteiger partial charge in [0.1, 0.15) is 0 Å². The van der Waals surface area contributed by atoms with Crippen LogP contribution in [0.3, 0.4) is 0 Å². The Labute approximate surface area is 110 Å². The molecule has 2 aliphatic carbocycles. The van der Waals surface area contributed by atoms with E-state index in [1.807, 2.05) is 0 Å². The van der Waals surface area contributed by atoms with Gasteiger partial charge in [0.05, 0.1) is 0 Å². The van der Waals surface area contributed by atoms with Gasteiger partial charge in [0.25, 0.3) is 0 Å². The van der Waals surface area contributed by atoms with Crippen LogP contribution in [0.15, 0.2) is 0 Å². The van der Waals surface area contributed by atoms with Crippen molar-refractivity contribution in [2.45, 2.75) is 58.3 Å². The third-order valence-corrected chi connectivity index (χ3v) is 5.57. The number of carbonyl (C=O) groups excluding carboxylic acids is 1. The third kappa shape index (κ3) is 3.18. The Morgan fingerprint density at radius 3 is 2.29 bits per heavy atom. The maximum absolute atomic E-state index is 11.9. The summed E-state index contributed by atoms with van der Waals surface area (Å²) in [5.41, 5.74) is 0.662. The summed E-state index contributed by atoms with van der Waals surface area (Å²) in [6, 6.07) is 0. The van der Waals surface area contributed by atoms with E-state index in [1.165, 1.54) is 44.9 Å². The highest BCUT2D eigenvalue weighted by molar-refractivity contribution is 7.80. The van der Waals surface area contributed by atoms with E-state index in [1.54, 1.807) is 0 Å². The highest BCUT2D eigenvalue weighted by atomic mass is 32.1. The van der Waals surface area contributed by atoms with Crippen LogP contribution in [0.2, 0.25) is 0 Å². The summed E-state index contributed by atoms with van der Waals surface area (Å²) in [6.07, 6.45) is 9.52. The van der Waals surface area contributed by atoms with Crippen LogP contribution in [0, 0.1) is 10.8 Å². The number of amides is 1. The topological polar surface area (TPSA) is 29.1 Å². The molecule has 0 bridgehead atoms. The van der Waals surface area contributed by atoms with Crippen LogP contribution < -0.4 is 5.32 Å². The number of hydrogen-bond acceptors (Lipinski definition) is 2. The number of rotatable bonds is 6. The maximum atomic E-state index is 11.9. The predicted molar refractivity (Wildman–Crippen MR) is 74.3 cm³/mol. The molecule has 0 aromatic rings. The fourth-order valence-corrected chi connectivity index (χ4v) is 3.47. The van der Waals surface area contributed by atoms with Crippen molar-refractivity contribution in [3.63, 3.8) is 0 Å². The minimum atomic E-state index is 0.247. The molecule has 2 nitrogen and oxygen atoms in total. The van der Waals surface area contributed by atoms with Crippen molar-refractivity contribution < 1.29 is 4.79 Å². The molecular formula is C14H25NOS. The quantitative estimate of drug-likeness (QED) is 0.701. The Kier molecular flexibility index (Phi) is 4.06. The van der Waals surface area contributed by atoms with Crippen LogP contribution in [0.5, 0.6) is 0 Å². The average molecular weight is 255 g/mol. The number of hydrogen-bond donors (Lipinski definition) is 2. The Morgan fingerprint density at radius 1 is 1.18 bits per heavy atom. The van der Waals surface area contributed by atoms with Crippen molar-refractivity contribution in [3.8, 4) is 0 Å². The van der Waals surface area contributed by atoms with Crippen molar-refractivity contribution >= 4 is 18.5 Å². The lowest BCUT2D eigenvalue weighted by Gasteiger charge is -2.28. The van der Waals surface area contributed by atoms with Crippen molar-refractivity contribution in [1.29, 1.82) is 0 Å². The van der Waals surface area contributed by atoms with E-state index in [4.69, 9.17) is 0 Å². The van der Waals surface area contributed by atoms with Crippen LogP contribution in [-0.4, -0.2) is 18.2 Å². The van der Waals surface area contributed by atoms with Gasteiger partial charge in [-0.1, -0.05) is 19.8 Å². The zero-order valence-electron chi connectivity index (χ0n) is 10.9. The van der Waals surface area contributed by atoms with Crippen LogP contribution in [0.25, 0.3) is 0 Å². The Balaban J connectivity index is 1.75. The highest BCUT2D eigenvalue weighted by Gasteiger charge is 2.43. The van der Waals surface area contributed by atoms with E-state index >= 15 is 0 Å². The first-order valence-corrected chi connectivity index (χ1v) is 7.65. The minimum absolute atomic E-state index is 0.247. The van der Waals surface area contributed by atoms with Crippen LogP contribution in [0.4, 0.5) is 0 Å². The van der Waals surface area contributed by atoms with Crippen molar-refractivity contribution in [3.05, 3.63) is 0 Å². The van der Waals surface area contributed by atoms with Gasteiger partial charge < -0.3 is 5.32 Å². The highest BCUT2D eigenvalue weighted by Crippen LogP contribution is 2.49. The molecule has 1 amide bonds. The molecule has 98 valence electrons. The van der Waals surface area contributed by atoms with E-state index in [2.05, 4.69) is 24.9 Å². The first-order chi connectivity index (χ1) is 8.14. The summed E-state index contributed by atoms with van der Waals surface area (Å²) in [5.74, 6) is 1.11. The molecule has 0 spiro atoms. The van der Waals surface area contributed by atoms with Gasteiger partial charge in [-0.3, -0.25) is 4.79 Å². The second-order valence-electron chi connectivity index (χ2n) is 6.17. The van der Waals surface area contributed by atoms with Gasteiger partial charge in [0, 0.05) is 13.0 Å². The summed E-state index contributed by atoms with van der Waals surface area (Å²) in [7, 11) is 0. The van der Waals surface area contributed by atoms with Crippen LogP contribution in [0.1, 0.15) is 58.3 Å². The Hall–Kier alpha value is -0.180. The fraction of sp³-hybridized carbons (Fsp3) is 0.929. The van der Waals surface area contributed by atoms with E-state index in [-0.39, 0.29) is 11.3 Å². The number of thiol groups is 1. The number of carbonyl (C=O) groups is 1. The summed E-state index contributed by atoms with van der Waals surface area (Å²) in [6.45, 7) is 3.15. The summed E-state index contributed by atoms with van der Waals surface area (Å²) in [5, 5.41) is 3.17. The van der Waals surface area contributed by atoms with Gasteiger partial charge in [-0.25, -0.2) is 0 Å². The summed E-state index contributed by atoms with van der Waals surface area (Å²) < 4.78 is 0. The van der Waals surface area contributed by atoms with Crippen LogP contribution >= 0.6 is 12.6 Å². The molecule has 0 aromatic heterocycles. The lowest BCUT2D eigenvalue weighted by molar-refractivity contribution is -0.122. The molecule has 0 heterocycles. The molecule has 0 unspecified atom stereocenters. The normalized spacial score (nSPS) is 24.6. The zero-order valence-corrected chi connectivity index (χ0v) is 11.8. The minimum Gasteiger partial charge on any atom is -0.356 e. The maximum Gasteiger partial charge on any atom is 0.220 e. The monoisotopic (exact) mass is 255 g/mol. The second-order valence-corrected chi connectivity index (χ2v) is 6.49. The van der Waals surface area contributed by atoms with Gasteiger partial charge in [0.15, 0.2) is 0 Å². The molecule has 0 saturated heterocycles. The lowest BCUT2D eigenvalue weighted by atomic mass is 9.83. The molecule has 0 atom stereocenters. The van der Waals surface area contributed by atoms with Crippen LogP contribution in [-0.2, 0) is 4.79 Å². The van der Waals surface area contributed by atoms with E-state index in [0.29, 0.717) is 11.8 Å². The first-order valence-electron chi connectivity index (χ1n) is 7.01. The third-order valence-electron chi connectivity index (χ3n) is 4.90. The Morgan fingerprint density at radius 2 is 1.82 bits per heavy atom. The van der Waals surface area contributed by atoms with Gasteiger partial charge in [0.2, 0.25) is 5.91 Å². The van der Waals surface area contributed by atoms with Gasteiger partial charge in [-0.05, 0) is 48.7 Å². The molecule has 2 saturated carbocycles. The second kappa shape index (κ2) is 5.21. The number of nitrogens with one attached hydrogen (secondary N) is 1. The van der Waals surface area contributed by atoms with Gasteiger partial charge >= 0.3 is 0 Å². The SMILES string of the molecule is CCC1(CNC(=O)CC2(CS)CC2)CCCC1. The van der Waals surface area contributed by atoms with Gasteiger partial charge in [-0.15, -0.1) is 0 Å². The van der Waals surface area contributed by atoms with E-state index in [9.17, 15) is 4.79 Å². The standard InChI is InChI=1S/C14H25NOS/c1-2-13(5-3-4-6-13)10-15-12(16)9-14(11-17)7-8-14/h17H,2-11H2,1H3,(H,15,16). The molecule has 0 radical (unpaired) electrons. The summed E-state index contributed by atoms with van der Waals surface area (Å²) in [4.78, 5) is 11.9. The fourth-order valence-electron chi connectivity index (χ4n) is 3.04. The molecule has 2 rings (SSSR count). The van der Waals surface area contributed by atoms with Gasteiger partial charge in [-0.2, -0.15) is 12.6 Å². The van der Waals surface area contributed by atoms with E-state index < -0.39 is 0 Å². The molecule has 0 aliphatic heterocycles. The molecule has 17 heavy (non-hydrogen) atoms. The molecular weight excluding hydrogens is 230 g/mol. The zero-order chi connectivity index (χ0) is 12.4. The van der Waals surface area contributed by atoms with Crippen molar-refractivity contribution in [2.75, 3.05) is 12.3 Å². The van der Waals surface area contributed by atoms with Crippen molar-refractivity contribution in [2.24, 2.45) is 10.8 Å². The largest absolute Gasteiger partial charge is 0.356 e. The van der Waals surface area contributed by atoms with E-state index in [0.717, 1.165) is 12.3 Å². The van der Waals surface area contributed by atoms with Crippen molar-refractivity contribution in [1.82, 2.24) is 5.32 Å². The Bertz CT molecular complexity index is 280. The molecule has 0 aromatic carbocycles. The summed E-state index contributed by atoms with van der Waals surface area (Å²) >= 11 is 4.35.